The molecule has 0 saturated carbocycles. The van der Waals surface area contributed by atoms with Crippen molar-refractivity contribution in [1.29, 1.82) is 0 Å². The first-order chi connectivity index (χ1) is 7.66. The Morgan fingerprint density at radius 3 is 2.56 bits per heavy atom. The Hall–Kier alpha value is -1.60. The van der Waals surface area contributed by atoms with Gasteiger partial charge < -0.3 is 0 Å². The van der Waals surface area contributed by atoms with Crippen LogP contribution >= 0.6 is 24.4 Å². The number of hydrogen-bond donors (Lipinski definition) is 2. The standard InChI is InChI=1S/C9H7FN4S2/c10-7-3-1-2-6(4-7)5-11-14-8(15)12-13-9(14)16/h1-5H,(H,12,15)(H,13,16)/b11-5-. The quantitative estimate of drug-likeness (QED) is 0.639. The summed E-state index contributed by atoms with van der Waals surface area (Å²) in [5, 5.41) is 9.32. The second-order valence-corrected chi connectivity index (χ2v) is 3.75. The Labute approximate surface area is 100 Å². The SMILES string of the molecule is Fc1cccc(/C=N\n2c(=S)[nH][nH]c2=S)c1. The first kappa shape index (κ1) is 10.9. The molecule has 2 N–H and O–H groups in total. The maximum atomic E-state index is 12.9. The molecule has 0 aliphatic rings. The minimum atomic E-state index is -0.313. The zero-order valence-electron chi connectivity index (χ0n) is 7.98. The highest BCUT2D eigenvalue weighted by Gasteiger charge is 1.94. The molecule has 0 unspecified atom stereocenters. The molecule has 1 heterocycles. The number of aromatic nitrogens is 3. The topological polar surface area (TPSA) is 48.9 Å². The molecule has 0 fully saturated rings. The van der Waals surface area contributed by atoms with Crippen LogP contribution in [0, 0.1) is 15.4 Å². The molecule has 2 aromatic rings. The van der Waals surface area contributed by atoms with E-state index < -0.39 is 0 Å². The largest absolute Gasteiger partial charge is 0.273 e. The van der Waals surface area contributed by atoms with Crippen molar-refractivity contribution >= 4 is 30.7 Å². The summed E-state index contributed by atoms with van der Waals surface area (Å²) >= 11 is 9.87. The molecule has 0 atom stereocenters. The predicted molar refractivity (Wildman–Crippen MR) is 64.2 cm³/mol. The van der Waals surface area contributed by atoms with Gasteiger partial charge in [-0.2, -0.15) is 9.78 Å². The maximum absolute atomic E-state index is 12.9. The molecular weight excluding hydrogens is 247 g/mol. The van der Waals surface area contributed by atoms with Crippen LogP contribution in [-0.2, 0) is 0 Å². The van der Waals surface area contributed by atoms with E-state index in [2.05, 4.69) is 15.3 Å². The molecule has 0 aliphatic heterocycles. The predicted octanol–water partition coefficient (Wildman–Crippen LogP) is 2.62. The summed E-state index contributed by atoms with van der Waals surface area (Å²) in [5.41, 5.74) is 0.637. The van der Waals surface area contributed by atoms with Crippen LogP contribution in [0.4, 0.5) is 4.39 Å². The van der Waals surface area contributed by atoms with Crippen LogP contribution in [0.15, 0.2) is 29.4 Å². The summed E-state index contributed by atoms with van der Waals surface area (Å²) in [5.74, 6) is -0.313. The number of nitrogens with zero attached hydrogens (tertiary/aromatic N) is 2. The van der Waals surface area contributed by atoms with Gasteiger partial charge in [-0.15, -0.1) is 0 Å². The van der Waals surface area contributed by atoms with Gasteiger partial charge in [-0.05, 0) is 42.1 Å². The lowest BCUT2D eigenvalue weighted by molar-refractivity contribution is 0.627. The zero-order valence-corrected chi connectivity index (χ0v) is 9.61. The fraction of sp³-hybridized carbons (Fsp3) is 0. The molecule has 1 aromatic heterocycles. The van der Waals surface area contributed by atoms with Gasteiger partial charge in [0.1, 0.15) is 5.82 Å². The Balaban J connectivity index is 2.35. The number of halogens is 1. The third kappa shape index (κ3) is 2.31. The third-order valence-corrected chi connectivity index (χ3v) is 2.38. The lowest BCUT2D eigenvalue weighted by Gasteiger charge is -1.93. The highest BCUT2D eigenvalue weighted by Crippen LogP contribution is 2.01. The first-order valence-electron chi connectivity index (χ1n) is 4.36. The number of rotatable bonds is 2. The van der Waals surface area contributed by atoms with Gasteiger partial charge in [0.05, 0.1) is 6.21 Å². The molecule has 2 rings (SSSR count). The molecule has 0 aliphatic carbocycles. The van der Waals surface area contributed by atoms with Crippen LogP contribution in [0.1, 0.15) is 5.56 Å². The van der Waals surface area contributed by atoms with Gasteiger partial charge in [0.15, 0.2) is 0 Å². The molecule has 0 bridgehead atoms. The Morgan fingerprint density at radius 1 is 1.25 bits per heavy atom. The molecule has 82 valence electrons. The van der Waals surface area contributed by atoms with Crippen molar-refractivity contribution in [3.05, 3.63) is 45.2 Å². The molecule has 16 heavy (non-hydrogen) atoms. The van der Waals surface area contributed by atoms with Crippen LogP contribution < -0.4 is 0 Å². The lowest BCUT2D eigenvalue weighted by Crippen LogP contribution is -1.91. The van der Waals surface area contributed by atoms with E-state index in [4.69, 9.17) is 24.4 Å². The summed E-state index contributed by atoms with van der Waals surface area (Å²) in [7, 11) is 0. The smallest absolute Gasteiger partial charge is 0.215 e. The number of H-pyrrole nitrogens is 2. The molecule has 0 spiro atoms. The minimum absolute atomic E-state index is 0.313. The molecule has 1 aromatic carbocycles. The van der Waals surface area contributed by atoms with E-state index in [-0.39, 0.29) is 5.82 Å². The molecule has 0 radical (unpaired) electrons. The van der Waals surface area contributed by atoms with E-state index in [1.807, 2.05) is 0 Å². The first-order valence-corrected chi connectivity index (χ1v) is 5.18. The van der Waals surface area contributed by atoms with E-state index in [9.17, 15) is 4.39 Å². The van der Waals surface area contributed by atoms with E-state index in [1.165, 1.54) is 23.0 Å². The minimum Gasteiger partial charge on any atom is -0.273 e. The van der Waals surface area contributed by atoms with Gasteiger partial charge in [-0.25, -0.2) is 4.39 Å². The van der Waals surface area contributed by atoms with Gasteiger partial charge in [0.2, 0.25) is 9.54 Å². The van der Waals surface area contributed by atoms with E-state index in [0.29, 0.717) is 15.1 Å². The third-order valence-electron chi connectivity index (χ3n) is 1.83. The molecule has 7 heteroatoms. The van der Waals surface area contributed by atoms with Gasteiger partial charge in [-0.3, -0.25) is 10.2 Å². The van der Waals surface area contributed by atoms with Crippen LogP contribution in [0.25, 0.3) is 0 Å². The van der Waals surface area contributed by atoms with Crippen molar-refractivity contribution in [2.45, 2.75) is 0 Å². The van der Waals surface area contributed by atoms with Crippen LogP contribution in [0.3, 0.4) is 0 Å². The molecular formula is C9H7FN4S2. The van der Waals surface area contributed by atoms with E-state index in [0.717, 1.165) is 0 Å². The van der Waals surface area contributed by atoms with Crippen molar-refractivity contribution in [2.75, 3.05) is 0 Å². The Bertz CT molecular complexity index is 610. The highest BCUT2D eigenvalue weighted by atomic mass is 32.1. The number of hydrogen-bond acceptors (Lipinski definition) is 3. The summed E-state index contributed by atoms with van der Waals surface area (Å²) in [4.78, 5) is 0. The Kier molecular flexibility index (Phi) is 3.07. The van der Waals surface area contributed by atoms with E-state index >= 15 is 0 Å². The lowest BCUT2D eigenvalue weighted by atomic mass is 10.2. The van der Waals surface area contributed by atoms with Gasteiger partial charge in [0.25, 0.3) is 0 Å². The van der Waals surface area contributed by atoms with Gasteiger partial charge in [0, 0.05) is 0 Å². The number of benzene rings is 1. The molecule has 0 amide bonds. The van der Waals surface area contributed by atoms with Crippen molar-refractivity contribution in [2.24, 2.45) is 5.10 Å². The fourth-order valence-electron chi connectivity index (χ4n) is 1.12. The normalized spacial score (nSPS) is 11.1. The summed E-state index contributed by atoms with van der Waals surface area (Å²) < 4.78 is 14.9. The highest BCUT2D eigenvalue weighted by molar-refractivity contribution is 7.72. The summed E-state index contributed by atoms with van der Waals surface area (Å²) in [6, 6.07) is 6.07. The number of nitrogens with one attached hydrogen (secondary N) is 2. The maximum Gasteiger partial charge on any atom is 0.215 e. The summed E-state index contributed by atoms with van der Waals surface area (Å²) in [6.45, 7) is 0. The Morgan fingerprint density at radius 2 is 1.94 bits per heavy atom. The molecule has 4 nitrogen and oxygen atoms in total. The average molecular weight is 254 g/mol. The summed E-state index contributed by atoms with van der Waals surface area (Å²) in [6.07, 6.45) is 1.48. The zero-order chi connectivity index (χ0) is 11.5. The van der Waals surface area contributed by atoms with Gasteiger partial charge in [-0.1, -0.05) is 12.1 Å². The number of aromatic amines is 2. The van der Waals surface area contributed by atoms with Crippen molar-refractivity contribution < 1.29 is 4.39 Å². The van der Waals surface area contributed by atoms with Gasteiger partial charge >= 0.3 is 0 Å². The van der Waals surface area contributed by atoms with Crippen molar-refractivity contribution in [3.63, 3.8) is 0 Å². The van der Waals surface area contributed by atoms with E-state index in [1.54, 1.807) is 12.1 Å². The van der Waals surface area contributed by atoms with Crippen molar-refractivity contribution in [1.82, 2.24) is 14.9 Å². The fourth-order valence-corrected chi connectivity index (χ4v) is 1.56. The van der Waals surface area contributed by atoms with Crippen LogP contribution in [0.2, 0.25) is 0 Å². The van der Waals surface area contributed by atoms with Crippen molar-refractivity contribution in [3.8, 4) is 0 Å². The second-order valence-electron chi connectivity index (χ2n) is 2.97. The second kappa shape index (κ2) is 4.50. The monoisotopic (exact) mass is 254 g/mol. The van der Waals surface area contributed by atoms with Crippen LogP contribution in [-0.4, -0.2) is 21.1 Å². The van der Waals surface area contributed by atoms with Crippen LogP contribution in [0.5, 0.6) is 0 Å². The molecule has 0 saturated heterocycles. The average Bonchev–Trinajstić information content (AvgIpc) is 2.56.